The number of hydrogen-bond donors (Lipinski definition) is 1. The van der Waals surface area contributed by atoms with E-state index in [4.69, 9.17) is 0 Å². The van der Waals surface area contributed by atoms with E-state index in [1.807, 2.05) is 0 Å². The third-order valence-electron chi connectivity index (χ3n) is 7.14. The predicted molar refractivity (Wildman–Crippen MR) is 157 cm³/mol. The smallest absolute Gasteiger partial charge is 0.264 e. The van der Waals surface area contributed by atoms with Gasteiger partial charge < -0.3 is 10.2 Å². The molecule has 0 aliphatic heterocycles. The highest BCUT2D eigenvalue weighted by atomic mass is 79.9. The standard InChI is InChI=1S/C30H33BrFN3O4S/c1-22(30(37)33-25-11-4-2-5-12-25)34(20-23-10-8-9-15-28(23)32)29(36)21-35(26-18-16-24(31)17-19-26)40(38,39)27-13-6-3-7-14-27/h3,6-10,13-19,22,25H,2,4-5,11-12,20-21H2,1H3,(H,33,37). The van der Waals surface area contributed by atoms with Crippen molar-refractivity contribution in [3.8, 4) is 0 Å². The molecule has 0 saturated heterocycles. The second-order valence-electron chi connectivity index (χ2n) is 9.93. The van der Waals surface area contributed by atoms with Gasteiger partial charge in [-0.1, -0.05) is 71.6 Å². The van der Waals surface area contributed by atoms with Crippen LogP contribution in [0, 0.1) is 5.82 Å². The van der Waals surface area contributed by atoms with Crippen LogP contribution in [0.5, 0.6) is 0 Å². The average molecular weight is 631 g/mol. The Morgan fingerprint density at radius 2 is 1.57 bits per heavy atom. The van der Waals surface area contributed by atoms with Crippen molar-refractivity contribution in [1.82, 2.24) is 10.2 Å². The third kappa shape index (κ3) is 7.28. The van der Waals surface area contributed by atoms with Crippen molar-refractivity contribution in [2.45, 2.75) is 62.6 Å². The fourth-order valence-electron chi connectivity index (χ4n) is 4.82. The molecule has 7 nitrogen and oxygen atoms in total. The fourth-order valence-corrected chi connectivity index (χ4v) is 6.52. The Balaban J connectivity index is 1.67. The summed E-state index contributed by atoms with van der Waals surface area (Å²) in [6.45, 7) is 0.825. The number of halogens is 2. The van der Waals surface area contributed by atoms with E-state index < -0.39 is 34.3 Å². The van der Waals surface area contributed by atoms with Gasteiger partial charge in [-0.15, -0.1) is 0 Å². The predicted octanol–water partition coefficient (Wildman–Crippen LogP) is 5.65. The quantitative estimate of drug-likeness (QED) is 0.314. The van der Waals surface area contributed by atoms with Gasteiger partial charge in [-0.05, 0) is 62.2 Å². The Morgan fingerprint density at radius 1 is 0.950 bits per heavy atom. The van der Waals surface area contributed by atoms with Crippen LogP contribution in [0.1, 0.15) is 44.6 Å². The maximum absolute atomic E-state index is 14.7. The monoisotopic (exact) mass is 629 g/mol. The van der Waals surface area contributed by atoms with Crippen LogP contribution in [0.4, 0.5) is 10.1 Å². The Labute approximate surface area is 243 Å². The summed E-state index contributed by atoms with van der Waals surface area (Å²) < 4.78 is 44.0. The van der Waals surface area contributed by atoms with Crippen molar-refractivity contribution in [2.75, 3.05) is 10.8 Å². The molecule has 0 aromatic heterocycles. The number of benzene rings is 3. The van der Waals surface area contributed by atoms with Crippen molar-refractivity contribution in [1.29, 1.82) is 0 Å². The highest BCUT2D eigenvalue weighted by Gasteiger charge is 2.33. The van der Waals surface area contributed by atoms with E-state index in [2.05, 4.69) is 21.2 Å². The molecule has 4 rings (SSSR count). The van der Waals surface area contributed by atoms with Gasteiger partial charge in [0.25, 0.3) is 10.0 Å². The van der Waals surface area contributed by atoms with Crippen LogP contribution in [-0.2, 0) is 26.2 Å². The lowest BCUT2D eigenvalue weighted by Gasteiger charge is -2.33. The van der Waals surface area contributed by atoms with Gasteiger partial charge in [0.2, 0.25) is 11.8 Å². The molecule has 0 spiro atoms. The molecule has 1 unspecified atom stereocenters. The van der Waals surface area contributed by atoms with Crippen LogP contribution in [0.2, 0.25) is 0 Å². The zero-order valence-electron chi connectivity index (χ0n) is 22.3. The van der Waals surface area contributed by atoms with E-state index in [9.17, 15) is 22.4 Å². The molecule has 3 aromatic rings. The van der Waals surface area contributed by atoms with Crippen molar-refractivity contribution >= 4 is 43.5 Å². The number of carbonyl (C=O) groups is 2. The fraction of sp³-hybridized carbons (Fsp3) is 0.333. The van der Waals surface area contributed by atoms with Crippen LogP contribution >= 0.6 is 15.9 Å². The second-order valence-corrected chi connectivity index (χ2v) is 12.7. The molecular weight excluding hydrogens is 597 g/mol. The molecule has 10 heteroatoms. The molecule has 0 heterocycles. The normalized spacial score (nSPS) is 14.8. The Kier molecular flexibility index (Phi) is 9.97. The Hall–Kier alpha value is -3.24. The van der Waals surface area contributed by atoms with Crippen molar-refractivity contribution in [3.63, 3.8) is 0 Å². The van der Waals surface area contributed by atoms with Crippen molar-refractivity contribution in [3.05, 3.63) is 94.7 Å². The van der Waals surface area contributed by atoms with Gasteiger partial charge in [-0.2, -0.15) is 0 Å². The first-order chi connectivity index (χ1) is 19.2. The number of rotatable bonds is 10. The number of hydrogen-bond acceptors (Lipinski definition) is 4. The average Bonchev–Trinajstić information content (AvgIpc) is 2.96. The molecule has 1 saturated carbocycles. The first-order valence-electron chi connectivity index (χ1n) is 13.3. The summed E-state index contributed by atoms with van der Waals surface area (Å²) in [7, 11) is -4.15. The maximum Gasteiger partial charge on any atom is 0.264 e. The highest BCUT2D eigenvalue weighted by molar-refractivity contribution is 9.10. The topological polar surface area (TPSA) is 86.8 Å². The molecule has 3 aromatic carbocycles. The van der Waals surface area contributed by atoms with E-state index in [1.165, 1.54) is 23.1 Å². The highest BCUT2D eigenvalue weighted by Crippen LogP contribution is 2.26. The molecule has 1 aliphatic rings. The van der Waals surface area contributed by atoms with Crippen LogP contribution in [0.15, 0.2) is 88.2 Å². The number of nitrogens with one attached hydrogen (secondary N) is 1. The molecule has 0 radical (unpaired) electrons. The molecule has 0 bridgehead atoms. The van der Waals surface area contributed by atoms with Gasteiger partial charge in [0.15, 0.2) is 0 Å². The maximum atomic E-state index is 14.7. The van der Waals surface area contributed by atoms with Crippen molar-refractivity contribution < 1.29 is 22.4 Å². The minimum Gasteiger partial charge on any atom is -0.352 e. The number of amides is 2. The van der Waals surface area contributed by atoms with Gasteiger partial charge in [0.1, 0.15) is 18.4 Å². The van der Waals surface area contributed by atoms with E-state index in [0.29, 0.717) is 0 Å². The summed E-state index contributed by atoms with van der Waals surface area (Å²) in [6.07, 6.45) is 4.91. The molecule has 1 N–H and O–H groups in total. The number of sulfonamides is 1. The van der Waals surface area contributed by atoms with Gasteiger partial charge in [-0.25, -0.2) is 12.8 Å². The van der Waals surface area contributed by atoms with Crippen LogP contribution < -0.4 is 9.62 Å². The van der Waals surface area contributed by atoms with Crippen molar-refractivity contribution in [2.24, 2.45) is 0 Å². The molecule has 1 atom stereocenters. The van der Waals surface area contributed by atoms with E-state index >= 15 is 0 Å². The number of anilines is 1. The number of nitrogens with zero attached hydrogens (tertiary/aromatic N) is 2. The zero-order chi connectivity index (χ0) is 28.7. The molecule has 212 valence electrons. The SMILES string of the molecule is CC(C(=O)NC1CCCCC1)N(Cc1ccccc1F)C(=O)CN(c1ccc(Br)cc1)S(=O)(=O)c1ccccc1. The van der Waals surface area contributed by atoms with Crippen LogP contribution in [-0.4, -0.2) is 43.8 Å². The van der Waals surface area contributed by atoms with Gasteiger partial charge >= 0.3 is 0 Å². The minimum absolute atomic E-state index is 0.0202. The first kappa shape index (κ1) is 29.7. The van der Waals surface area contributed by atoms with Crippen LogP contribution in [0.25, 0.3) is 0 Å². The summed E-state index contributed by atoms with van der Waals surface area (Å²) in [5, 5.41) is 3.04. The minimum atomic E-state index is -4.15. The first-order valence-corrected chi connectivity index (χ1v) is 15.6. The summed E-state index contributed by atoms with van der Waals surface area (Å²) >= 11 is 3.36. The number of carbonyl (C=O) groups excluding carboxylic acids is 2. The Morgan fingerprint density at radius 3 is 2.23 bits per heavy atom. The van der Waals surface area contributed by atoms with Crippen LogP contribution in [0.3, 0.4) is 0 Å². The van der Waals surface area contributed by atoms with Gasteiger partial charge in [-0.3, -0.25) is 13.9 Å². The lowest BCUT2D eigenvalue weighted by atomic mass is 9.95. The molecular formula is C30H33BrFN3O4S. The third-order valence-corrected chi connectivity index (χ3v) is 9.46. The van der Waals surface area contributed by atoms with E-state index in [-0.39, 0.29) is 34.6 Å². The lowest BCUT2D eigenvalue weighted by Crippen LogP contribution is -2.53. The second kappa shape index (κ2) is 13.4. The summed E-state index contributed by atoms with van der Waals surface area (Å²) in [5.41, 5.74) is 0.514. The molecule has 1 fully saturated rings. The molecule has 40 heavy (non-hydrogen) atoms. The van der Waals surface area contributed by atoms with Gasteiger partial charge in [0.05, 0.1) is 10.6 Å². The molecule has 1 aliphatic carbocycles. The molecule has 2 amide bonds. The lowest BCUT2D eigenvalue weighted by molar-refractivity contribution is -0.139. The van der Waals surface area contributed by atoms with Gasteiger partial charge in [0, 0.05) is 22.6 Å². The zero-order valence-corrected chi connectivity index (χ0v) is 24.7. The van der Waals surface area contributed by atoms with E-state index in [1.54, 1.807) is 67.6 Å². The largest absolute Gasteiger partial charge is 0.352 e. The summed E-state index contributed by atoms with van der Waals surface area (Å²) in [5.74, 6) is -1.49. The summed E-state index contributed by atoms with van der Waals surface area (Å²) in [4.78, 5) is 28.5. The summed E-state index contributed by atoms with van der Waals surface area (Å²) in [6, 6.07) is 19.5. The van der Waals surface area contributed by atoms with E-state index in [0.717, 1.165) is 40.9 Å². The Bertz CT molecular complexity index is 1410.